The van der Waals surface area contributed by atoms with Gasteiger partial charge in [0.25, 0.3) is 10.0 Å². The van der Waals surface area contributed by atoms with Crippen molar-refractivity contribution in [1.82, 2.24) is 4.98 Å². The van der Waals surface area contributed by atoms with E-state index in [1.54, 1.807) is 0 Å². The van der Waals surface area contributed by atoms with E-state index in [4.69, 9.17) is 0 Å². The van der Waals surface area contributed by atoms with Gasteiger partial charge >= 0.3 is 6.18 Å². The number of sulfonamides is 1. The molecule has 0 aromatic carbocycles. The van der Waals surface area contributed by atoms with Crippen LogP contribution in [0.15, 0.2) is 22.7 Å². The van der Waals surface area contributed by atoms with Gasteiger partial charge in [-0.2, -0.15) is 17.6 Å². The molecule has 0 saturated carbocycles. The third-order valence-corrected chi connectivity index (χ3v) is 4.19. The SMILES string of the molecule is CC(C)(C)S(=O)(=O)N=Cc1ccc(OCC(F)(F)F)nc1. The van der Waals surface area contributed by atoms with Crippen molar-refractivity contribution in [3.63, 3.8) is 0 Å². The van der Waals surface area contributed by atoms with Gasteiger partial charge in [-0.1, -0.05) is 0 Å². The van der Waals surface area contributed by atoms with Gasteiger partial charge in [-0.05, 0) is 26.8 Å². The molecule has 1 aromatic heterocycles. The average molecular weight is 324 g/mol. The van der Waals surface area contributed by atoms with E-state index < -0.39 is 27.6 Å². The van der Waals surface area contributed by atoms with Crippen molar-refractivity contribution in [2.45, 2.75) is 31.7 Å². The molecule has 0 N–H and O–H groups in total. The standard InChI is InChI=1S/C12H15F3N2O3S/c1-11(2,3)21(18,19)17-7-9-4-5-10(16-6-9)20-8-12(13,14)15/h4-7H,8H2,1-3H3. The van der Waals surface area contributed by atoms with E-state index in [2.05, 4.69) is 14.1 Å². The molecule has 9 heteroatoms. The van der Waals surface area contributed by atoms with Crippen molar-refractivity contribution in [3.05, 3.63) is 23.9 Å². The lowest BCUT2D eigenvalue weighted by Gasteiger charge is -2.14. The molecule has 0 unspecified atom stereocenters. The normalized spacial score (nSPS) is 13.6. The maximum Gasteiger partial charge on any atom is 0.422 e. The highest BCUT2D eigenvalue weighted by atomic mass is 32.2. The van der Waals surface area contributed by atoms with Gasteiger partial charge in [-0.15, -0.1) is 0 Å². The Morgan fingerprint density at radius 3 is 2.33 bits per heavy atom. The van der Waals surface area contributed by atoms with Crippen LogP contribution in [0.25, 0.3) is 0 Å². The molecule has 0 atom stereocenters. The van der Waals surface area contributed by atoms with Crippen LogP contribution in [0.4, 0.5) is 13.2 Å². The van der Waals surface area contributed by atoms with Gasteiger partial charge in [0.15, 0.2) is 6.61 Å². The summed E-state index contributed by atoms with van der Waals surface area (Å²) in [6.45, 7) is 3.08. The Morgan fingerprint density at radius 1 is 1.29 bits per heavy atom. The first kappa shape index (κ1) is 17.4. The smallest absolute Gasteiger partial charge is 0.422 e. The summed E-state index contributed by atoms with van der Waals surface area (Å²) in [6, 6.07) is 2.57. The first-order chi connectivity index (χ1) is 9.41. The fraction of sp³-hybridized carbons (Fsp3) is 0.500. The van der Waals surface area contributed by atoms with Gasteiger partial charge in [0.2, 0.25) is 5.88 Å². The van der Waals surface area contributed by atoms with Gasteiger partial charge in [0, 0.05) is 24.0 Å². The topological polar surface area (TPSA) is 68.6 Å². The molecule has 1 rings (SSSR count). The third kappa shape index (κ3) is 5.70. The predicted molar refractivity (Wildman–Crippen MR) is 72.1 cm³/mol. The summed E-state index contributed by atoms with van der Waals surface area (Å²) in [5.41, 5.74) is 0.335. The lowest BCUT2D eigenvalue weighted by Crippen LogP contribution is -2.25. The number of ether oxygens (including phenoxy) is 1. The van der Waals surface area contributed by atoms with Gasteiger partial charge in [0.1, 0.15) is 0 Å². The summed E-state index contributed by atoms with van der Waals surface area (Å²) in [5, 5.41) is 0. The van der Waals surface area contributed by atoms with E-state index in [1.807, 2.05) is 0 Å². The quantitative estimate of drug-likeness (QED) is 0.798. The van der Waals surface area contributed by atoms with Gasteiger partial charge in [-0.3, -0.25) is 0 Å². The molecule has 1 heterocycles. The second-order valence-corrected chi connectivity index (χ2v) is 7.54. The van der Waals surface area contributed by atoms with Gasteiger partial charge in [0.05, 0.1) is 4.75 Å². The second kappa shape index (κ2) is 6.00. The highest BCUT2D eigenvalue weighted by Crippen LogP contribution is 2.18. The molecule has 21 heavy (non-hydrogen) atoms. The largest absolute Gasteiger partial charge is 0.468 e. The van der Waals surface area contributed by atoms with Crippen LogP contribution >= 0.6 is 0 Å². The first-order valence-electron chi connectivity index (χ1n) is 5.86. The molecule has 0 amide bonds. The van der Waals surface area contributed by atoms with Crippen molar-refractivity contribution in [1.29, 1.82) is 0 Å². The Kier molecular flexibility index (Phi) is 4.98. The van der Waals surface area contributed by atoms with Crippen molar-refractivity contribution >= 4 is 16.2 Å². The average Bonchev–Trinajstić information content (AvgIpc) is 2.33. The number of rotatable bonds is 4. The molecule has 0 saturated heterocycles. The zero-order chi connectivity index (χ0) is 16.3. The fourth-order valence-electron chi connectivity index (χ4n) is 0.998. The van der Waals surface area contributed by atoms with E-state index >= 15 is 0 Å². The summed E-state index contributed by atoms with van der Waals surface area (Å²) in [5.74, 6) is -0.205. The minimum absolute atomic E-state index is 0.205. The van der Waals surface area contributed by atoms with Crippen LogP contribution in [0, 0.1) is 0 Å². The van der Waals surface area contributed by atoms with Crippen molar-refractivity contribution < 1.29 is 26.3 Å². The molecule has 0 bridgehead atoms. The molecule has 0 aliphatic carbocycles. The first-order valence-corrected chi connectivity index (χ1v) is 7.30. The van der Waals surface area contributed by atoms with Crippen molar-refractivity contribution in [3.8, 4) is 5.88 Å². The van der Waals surface area contributed by atoms with Gasteiger partial charge < -0.3 is 4.74 Å². The van der Waals surface area contributed by atoms with Crippen LogP contribution < -0.4 is 4.74 Å². The monoisotopic (exact) mass is 324 g/mol. The van der Waals surface area contributed by atoms with Crippen molar-refractivity contribution in [2.75, 3.05) is 6.61 Å². The van der Waals surface area contributed by atoms with E-state index in [1.165, 1.54) is 39.1 Å². The summed E-state index contributed by atoms with van der Waals surface area (Å²) in [6.07, 6.45) is -2.18. The molecule has 0 radical (unpaired) electrons. The zero-order valence-electron chi connectivity index (χ0n) is 11.7. The fourth-order valence-corrected chi connectivity index (χ4v) is 1.57. The Labute approximate surface area is 120 Å². The molecular formula is C12H15F3N2O3S. The van der Waals surface area contributed by atoms with Crippen LogP contribution in [-0.2, 0) is 10.0 Å². The van der Waals surface area contributed by atoms with Crippen LogP contribution in [-0.4, -0.2) is 37.1 Å². The summed E-state index contributed by atoms with van der Waals surface area (Å²) >= 11 is 0. The molecule has 0 aliphatic rings. The summed E-state index contributed by atoms with van der Waals surface area (Å²) < 4.78 is 66.2. The second-order valence-electron chi connectivity index (χ2n) is 5.16. The van der Waals surface area contributed by atoms with Crippen molar-refractivity contribution in [2.24, 2.45) is 4.40 Å². The lowest BCUT2D eigenvalue weighted by molar-refractivity contribution is -0.154. The van der Waals surface area contributed by atoms with Crippen LogP contribution in [0.1, 0.15) is 26.3 Å². The molecule has 0 fully saturated rings. The Hall–Kier alpha value is -1.64. The highest BCUT2D eigenvalue weighted by molar-refractivity contribution is 7.91. The number of hydrogen-bond donors (Lipinski definition) is 0. The van der Waals surface area contributed by atoms with Crippen LogP contribution in [0.2, 0.25) is 0 Å². The number of alkyl halides is 3. The number of hydrogen-bond acceptors (Lipinski definition) is 4. The summed E-state index contributed by atoms with van der Waals surface area (Å²) in [7, 11) is -3.67. The Bertz CT molecular complexity index is 602. The number of nitrogens with zero attached hydrogens (tertiary/aromatic N) is 2. The molecule has 0 aliphatic heterocycles. The predicted octanol–water partition coefficient (Wildman–Crippen LogP) is 2.57. The van der Waals surface area contributed by atoms with E-state index in [0.29, 0.717) is 5.56 Å². The van der Waals surface area contributed by atoms with Crippen LogP contribution in [0.3, 0.4) is 0 Å². The zero-order valence-corrected chi connectivity index (χ0v) is 12.5. The Morgan fingerprint density at radius 2 is 1.90 bits per heavy atom. The third-order valence-electron chi connectivity index (χ3n) is 2.26. The molecule has 1 aromatic rings. The molecule has 118 valence electrons. The number of halogens is 3. The number of pyridine rings is 1. The molecule has 5 nitrogen and oxygen atoms in total. The maximum absolute atomic E-state index is 11.9. The minimum atomic E-state index is -4.44. The van der Waals surface area contributed by atoms with E-state index in [9.17, 15) is 21.6 Å². The Balaban J connectivity index is 2.76. The summed E-state index contributed by atoms with van der Waals surface area (Å²) in [4.78, 5) is 3.64. The molecule has 0 spiro atoms. The molecular weight excluding hydrogens is 309 g/mol. The minimum Gasteiger partial charge on any atom is -0.468 e. The van der Waals surface area contributed by atoms with Gasteiger partial charge in [-0.25, -0.2) is 13.4 Å². The lowest BCUT2D eigenvalue weighted by atomic mass is 10.3. The van der Waals surface area contributed by atoms with Crippen LogP contribution in [0.5, 0.6) is 5.88 Å². The highest BCUT2D eigenvalue weighted by Gasteiger charge is 2.29. The maximum atomic E-state index is 11.9. The van der Waals surface area contributed by atoms with E-state index in [0.717, 1.165) is 6.21 Å². The number of aromatic nitrogens is 1. The van der Waals surface area contributed by atoms with E-state index in [-0.39, 0.29) is 5.88 Å².